The van der Waals surface area contributed by atoms with Gasteiger partial charge in [-0.1, -0.05) is 6.07 Å². The molecule has 0 radical (unpaired) electrons. The van der Waals surface area contributed by atoms with Crippen LogP contribution < -0.4 is 9.47 Å². The molecule has 0 fully saturated rings. The maximum atomic E-state index is 12.8. The Bertz CT molecular complexity index is 808. The van der Waals surface area contributed by atoms with Crippen molar-refractivity contribution in [2.45, 2.75) is 19.7 Å². The van der Waals surface area contributed by atoms with Crippen LogP contribution in [0.5, 0.6) is 11.5 Å². The van der Waals surface area contributed by atoms with Gasteiger partial charge in [0, 0.05) is 25.5 Å². The summed E-state index contributed by atoms with van der Waals surface area (Å²) < 4.78 is 60.2. The van der Waals surface area contributed by atoms with Crippen LogP contribution >= 0.6 is 0 Å². The second kappa shape index (κ2) is 9.06. The fraction of sp³-hybridized carbons (Fsp3) is 0.294. The highest BCUT2D eigenvalue weighted by Crippen LogP contribution is 2.29. The minimum absolute atomic E-state index is 0.0458. The Kier molecular flexibility index (Phi) is 6.80. The molecule has 0 atom stereocenters. The summed E-state index contributed by atoms with van der Waals surface area (Å²) in [5.74, 6) is -0.459. The van der Waals surface area contributed by atoms with Crippen molar-refractivity contribution in [3.63, 3.8) is 0 Å². The predicted octanol–water partition coefficient (Wildman–Crippen LogP) is 3.56. The van der Waals surface area contributed by atoms with E-state index in [-0.39, 0.29) is 23.9 Å². The third-order valence-corrected chi connectivity index (χ3v) is 3.54. The number of alkyl halides is 4. The van der Waals surface area contributed by atoms with Gasteiger partial charge in [0.1, 0.15) is 5.82 Å². The summed E-state index contributed by atoms with van der Waals surface area (Å²) in [7, 11) is 2.74. The zero-order valence-corrected chi connectivity index (χ0v) is 14.5. The molecule has 10 heteroatoms. The van der Waals surface area contributed by atoms with Crippen LogP contribution in [0.2, 0.25) is 0 Å². The van der Waals surface area contributed by atoms with Crippen LogP contribution in [0.4, 0.5) is 17.6 Å². The molecule has 0 N–H and O–H groups in total. The van der Waals surface area contributed by atoms with Gasteiger partial charge in [0.05, 0.1) is 13.7 Å². The number of aromatic nitrogens is 2. The first-order valence-electron chi connectivity index (χ1n) is 7.67. The number of likely N-dealkylation sites (N-methyl/N-ethyl adjacent to an activating group) is 1. The van der Waals surface area contributed by atoms with Crippen molar-refractivity contribution in [3.8, 4) is 11.5 Å². The smallest absolute Gasteiger partial charge is 0.387 e. The van der Waals surface area contributed by atoms with Crippen LogP contribution in [0.25, 0.3) is 6.08 Å². The summed E-state index contributed by atoms with van der Waals surface area (Å²) in [6.45, 7) is -5.84. The first kappa shape index (κ1) is 20.3. The van der Waals surface area contributed by atoms with Crippen LogP contribution in [-0.4, -0.2) is 41.1 Å². The number of halogens is 4. The first-order chi connectivity index (χ1) is 12.8. The average molecular weight is 387 g/mol. The van der Waals surface area contributed by atoms with E-state index in [9.17, 15) is 22.4 Å². The van der Waals surface area contributed by atoms with Crippen molar-refractivity contribution in [2.75, 3.05) is 14.2 Å². The summed E-state index contributed by atoms with van der Waals surface area (Å²) in [5.41, 5.74) is 0.504. The lowest BCUT2D eigenvalue weighted by molar-refractivity contribution is -0.125. The van der Waals surface area contributed by atoms with Gasteiger partial charge < -0.3 is 14.4 Å². The topological polar surface area (TPSA) is 56.6 Å². The normalized spacial score (nSPS) is 11.4. The summed E-state index contributed by atoms with van der Waals surface area (Å²) >= 11 is 0. The molecule has 0 aliphatic rings. The molecule has 2 aromatic rings. The third-order valence-electron chi connectivity index (χ3n) is 3.54. The third kappa shape index (κ3) is 5.47. The Morgan fingerprint density at radius 1 is 1.30 bits per heavy atom. The molecule has 1 aromatic heterocycles. The summed E-state index contributed by atoms with van der Waals surface area (Å²) in [6.07, 6.45) is 5.01. The SMILES string of the molecule is COc1cc(/C=C/C(=O)N(C)Cc2nccn2C(F)F)ccc1OC(F)F. The van der Waals surface area contributed by atoms with Gasteiger partial charge in [-0.05, 0) is 23.8 Å². The van der Waals surface area contributed by atoms with E-state index in [1.165, 1.54) is 55.6 Å². The average Bonchev–Trinajstić information content (AvgIpc) is 3.08. The Morgan fingerprint density at radius 2 is 2.04 bits per heavy atom. The van der Waals surface area contributed by atoms with Crippen molar-refractivity contribution in [1.82, 2.24) is 14.5 Å². The number of methoxy groups -OCH3 is 1. The van der Waals surface area contributed by atoms with E-state index < -0.39 is 19.1 Å². The Hall–Kier alpha value is -3.04. The molecule has 2 rings (SSSR count). The Morgan fingerprint density at radius 3 is 2.67 bits per heavy atom. The van der Waals surface area contributed by atoms with Crippen LogP contribution in [0.1, 0.15) is 17.9 Å². The molecule has 1 amide bonds. The van der Waals surface area contributed by atoms with Crippen LogP contribution in [0.15, 0.2) is 36.7 Å². The van der Waals surface area contributed by atoms with Crippen molar-refractivity contribution in [3.05, 3.63) is 48.1 Å². The molecular weight excluding hydrogens is 370 g/mol. The molecule has 0 aliphatic heterocycles. The van der Waals surface area contributed by atoms with E-state index in [1.54, 1.807) is 0 Å². The maximum Gasteiger partial charge on any atom is 0.387 e. The van der Waals surface area contributed by atoms with E-state index in [1.807, 2.05) is 0 Å². The minimum Gasteiger partial charge on any atom is -0.493 e. The molecule has 0 unspecified atom stereocenters. The van der Waals surface area contributed by atoms with Gasteiger partial charge in [0.15, 0.2) is 11.5 Å². The second-order valence-corrected chi connectivity index (χ2v) is 5.34. The van der Waals surface area contributed by atoms with Gasteiger partial charge in [0.25, 0.3) is 0 Å². The predicted molar refractivity (Wildman–Crippen MR) is 88.6 cm³/mol. The lowest BCUT2D eigenvalue weighted by atomic mass is 10.2. The molecular formula is C17H17F4N3O3. The summed E-state index contributed by atoms with van der Waals surface area (Å²) in [6, 6.07) is 4.18. The molecule has 146 valence electrons. The van der Waals surface area contributed by atoms with E-state index in [0.29, 0.717) is 10.1 Å². The van der Waals surface area contributed by atoms with Gasteiger partial charge in [-0.15, -0.1) is 0 Å². The van der Waals surface area contributed by atoms with E-state index >= 15 is 0 Å². The van der Waals surface area contributed by atoms with Crippen molar-refractivity contribution in [1.29, 1.82) is 0 Å². The number of hydrogen-bond acceptors (Lipinski definition) is 4. The highest BCUT2D eigenvalue weighted by Gasteiger charge is 2.15. The highest BCUT2D eigenvalue weighted by molar-refractivity contribution is 5.91. The Labute approximate surface area is 152 Å². The van der Waals surface area contributed by atoms with Gasteiger partial charge >= 0.3 is 13.2 Å². The number of ether oxygens (including phenoxy) is 2. The Balaban J connectivity index is 2.06. The fourth-order valence-electron chi connectivity index (χ4n) is 2.21. The molecule has 27 heavy (non-hydrogen) atoms. The number of nitrogens with zero attached hydrogens (tertiary/aromatic N) is 3. The molecule has 0 bridgehead atoms. The van der Waals surface area contributed by atoms with Gasteiger partial charge in [-0.25, -0.2) is 4.98 Å². The van der Waals surface area contributed by atoms with E-state index in [2.05, 4.69) is 9.72 Å². The standard InChI is InChI=1S/C17H17F4N3O3/c1-23(10-14-22-7-8-24(14)16(18)19)15(25)6-4-11-3-5-12(27-17(20)21)13(9-11)26-2/h3-9,16-17H,10H2,1-2H3/b6-4+. The quantitative estimate of drug-likeness (QED) is 0.513. The minimum atomic E-state index is -2.99. The molecule has 0 aliphatic carbocycles. The number of rotatable bonds is 8. The zero-order chi connectivity index (χ0) is 20.0. The molecule has 0 spiro atoms. The number of hydrogen-bond donors (Lipinski definition) is 0. The van der Waals surface area contributed by atoms with Crippen molar-refractivity contribution >= 4 is 12.0 Å². The number of carbonyl (C=O) groups is 1. The number of imidazole rings is 1. The maximum absolute atomic E-state index is 12.8. The van der Waals surface area contributed by atoms with Gasteiger partial charge in [-0.2, -0.15) is 17.6 Å². The number of benzene rings is 1. The highest BCUT2D eigenvalue weighted by atomic mass is 19.3. The van der Waals surface area contributed by atoms with Crippen LogP contribution in [-0.2, 0) is 11.3 Å². The lowest BCUT2D eigenvalue weighted by Crippen LogP contribution is -2.26. The molecule has 0 saturated carbocycles. The summed E-state index contributed by atoms with van der Waals surface area (Å²) in [5, 5.41) is 0. The van der Waals surface area contributed by atoms with E-state index in [0.717, 1.165) is 6.20 Å². The molecule has 6 nitrogen and oxygen atoms in total. The molecule has 1 heterocycles. The van der Waals surface area contributed by atoms with Gasteiger partial charge in [-0.3, -0.25) is 9.36 Å². The summed E-state index contributed by atoms with van der Waals surface area (Å²) in [4.78, 5) is 17.2. The molecule has 0 saturated heterocycles. The first-order valence-corrected chi connectivity index (χ1v) is 7.67. The zero-order valence-electron chi connectivity index (χ0n) is 14.5. The lowest BCUT2D eigenvalue weighted by Gasteiger charge is -2.15. The second-order valence-electron chi connectivity index (χ2n) is 5.34. The van der Waals surface area contributed by atoms with Crippen LogP contribution in [0.3, 0.4) is 0 Å². The van der Waals surface area contributed by atoms with E-state index in [4.69, 9.17) is 4.74 Å². The largest absolute Gasteiger partial charge is 0.493 e. The number of carbonyl (C=O) groups excluding carboxylic acids is 1. The number of amides is 1. The van der Waals surface area contributed by atoms with Gasteiger partial charge in [0.2, 0.25) is 5.91 Å². The molecule has 1 aromatic carbocycles. The monoisotopic (exact) mass is 387 g/mol. The van der Waals surface area contributed by atoms with Crippen LogP contribution in [0, 0.1) is 0 Å². The van der Waals surface area contributed by atoms with Crippen molar-refractivity contribution in [2.24, 2.45) is 0 Å². The van der Waals surface area contributed by atoms with Crippen molar-refractivity contribution < 1.29 is 31.8 Å². The fourth-order valence-corrected chi connectivity index (χ4v) is 2.21.